The first-order chi connectivity index (χ1) is 9.21. The summed E-state index contributed by atoms with van der Waals surface area (Å²) in [6.07, 6.45) is -1.29. The van der Waals surface area contributed by atoms with Gasteiger partial charge in [0.25, 0.3) is 0 Å². The average molecular weight is 291 g/mol. The van der Waals surface area contributed by atoms with Gasteiger partial charge in [-0.05, 0) is 38.9 Å². The second kappa shape index (κ2) is 5.37. The average Bonchev–Trinajstić information content (AvgIpc) is 2.74. The van der Waals surface area contributed by atoms with Crippen molar-refractivity contribution in [3.8, 4) is 0 Å². The van der Waals surface area contributed by atoms with Crippen LogP contribution in [0.15, 0.2) is 12.3 Å². The zero-order valence-electron chi connectivity index (χ0n) is 11.7. The molecule has 1 N–H and O–H groups in total. The SMILES string of the molecule is Cn1nccc1C1CCN(CC(C)(O)C(F)(F)F)CC1. The van der Waals surface area contributed by atoms with E-state index in [1.54, 1.807) is 11.1 Å². The lowest BCUT2D eigenvalue weighted by Crippen LogP contribution is -2.52. The van der Waals surface area contributed by atoms with Gasteiger partial charge in [0.1, 0.15) is 0 Å². The lowest BCUT2D eigenvalue weighted by molar-refractivity contribution is -0.258. The fraction of sp³-hybridized carbons (Fsp3) is 0.769. The van der Waals surface area contributed by atoms with Crippen LogP contribution in [-0.2, 0) is 7.05 Å². The smallest absolute Gasteiger partial charge is 0.380 e. The van der Waals surface area contributed by atoms with Crippen LogP contribution in [0.5, 0.6) is 0 Å². The van der Waals surface area contributed by atoms with Crippen LogP contribution in [-0.4, -0.2) is 51.2 Å². The van der Waals surface area contributed by atoms with Crippen LogP contribution in [0.3, 0.4) is 0 Å². The molecule has 0 bridgehead atoms. The number of hydrogen-bond acceptors (Lipinski definition) is 3. The number of likely N-dealkylation sites (tertiary alicyclic amines) is 1. The number of aliphatic hydroxyl groups is 1. The minimum Gasteiger partial charge on any atom is -0.380 e. The van der Waals surface area contributed by atoms with E-state index in [1.165, 1.54) is 0 Å². The topological polar surface area (TPSA) is 41.3 Å². The van der Waals surface area contributed by atoms with Gasteiger partial charge >= 0.3 is 6.18 Å². The van der Waals surface area contributed by atoms with E-state index in [-0.39, 0.29) is 6.54 Å². The Morgan fingerprint density at radius 2 is 1.95 bits per heavy atom. The summed E-state index contributed by atoms with van der Waals surface area (Å²) < 4.78 is 39.8. The first-order valence-corrected chi connectivity index (χ1v) is 6.70. The predicted octanol–water partition coefficient (Wildman–Crippen LogP) is 1.91. The second-order valence-electron chi connectivity index (χ2n) is 5.70. The Bertz CT molecular complexity index is 448. The van der Waals surface area contributed by atoms with Gasteiger partial charge in [-0.3, -0.25) is 4.68 Å². The molecule has 114 valence electrons. The number of aromatic nitrogens is 2. The molecule has 1 aliphatic heterocycles. The normalized spacial score (nSPS) is 21.9. The minimum atomic E-state index is -4.59. The van der Waals surface area contributed by atoms with Gasteiger partial charge in [0.15, 0.2) is 5.60 Å². The molecule has 2 rings (SSSR count). The van der Waals surface area contributed by atoms with Crippen molar-refractivity contribution < 1.29 is 18.3 Å². The molecule has 1 atom stereocenters. The Hall–Kier alpha value is -1.08. The first kappa shape index (κ1) is 15.3. The molecule has 0 amide bonds. The van der Waals surface area contributed by atoms with E-state index >= 15 is 0 Å². The van der Waals surface area contributed by atoms with Gasteiger partial charge in [-0.25, -0.2) is 0 Å². The monoisotopic (exact) mass is 291 g/mol. The summed E-state index contributed by atoms with van der Waals surface area (Å²) in [5, 5.41) is 13.6. The summed E-state index contributed by atoms with van der Waals surface area (Å²) in [5.74, 6) is 0.328. The van der Waals surface area contributed by atoms with Gasteiger partial charge in [0.05, 0.1) is 0 Å². The molecule has 1 aromatic rings. The summed E-state index contributed by atoms with van der Waals surface area (Å²) in [6.45, 7) is 1.58. The third-order valence-electron chi connectivity index (χ3n) is 4.01. The number of nitrogens with zero attached hydrogens (tertiary/aromatic N) is 3. The zero-order chi connectivity index (χ0) is 15.0. The third-order valence-corrected chi connectivity index (χ3v) is 4.01. The summed E-state index contributed by atoms with van der Waals surface area (Å²) in [6, 6.07) is 1.95. The predicted molar refractivity (Wildman–Crippen MR) is 68.3 cm³/mol. The molecule has 1 unspecified atom stereocenters. The summed E-state index contributed by atoms with van der Waals surface area (Å²) in [5.41, 5.74) is -1.53. The molecule has 7 heteroatoms. The molecule has 1 saturated heterocycles. The fourth-order valence-electron chi connectivity index (χ4n) is 2.70. The van der Waals surface area contributed by atoms with Crippen molar-refractivity contribution in [2.75, 3.05) is 19.6 Å². The quantitative estimate of drug-likeness (QED) is 0.925. The largest absolute Gasteiger partial charge is 0.418 e. The van der Waals surface area contributed by atoms with Crippen molar-refractivity contribution in [2.24, 2.45) is 7.05 Å². The Kier molecular flexibility index (Phi) is 4.11. The number of halogens is 3. The van der Waals surface area contributed by atoms with Crippen LogP contribution in [0.4, 0.5) is 13.2 Å². The molecule has 4 nitrogen and oxygen atoms in total. The van der Waals surface area contributed by atoms with E-state index < -0.39 is 11.8 Å². The van der Waals surface area contributed by atoms with Gasteiger partial charge in [-0.1, -0.05) is 0 Å². The van der Waals surface area contributed by atoms with Crippen LogP contribution in [0.1, 0.15) is 31.4 Å². The first-order valence-electron chi connectivity index (χ1n) is 6.70. The molecule has 20 heavy (non-hydrogen) atoms. The molecule has 0 radical (unpaired) electrons. The van der Waals surface area contributed by atoms with E-state index in [0.29, 0.717) is 19.0 Å². The van der Waals surface area contributed by atoms with Crippen LogP contribution < -0.4 is 0 Å². The highest BCUT2D eigenvalue weighted by molar-refractivity contribution is 5.09. The number of piperidine rings is 1. The van der Waals surface area contributed by atoms with Gasteiger partial charge in [-0.15, -0.1) is 0 Å². The third kappa shape index (κ3) is 3.15. The van der Waals surface area contributed by atoms with Crippen LogP contribution in [0.2, 0.25) is 0 Å². The maximum Gasteiger partial charge on any atom is 0.418 e. The standard InChI is InChI=1S/C13H20F3N3O/c1-12(20,13(14,15)16)9-19-7-4-10(5-8-19)11-3-6-17-18(11)2/h3,6,10,20H,4-5,7-9H2,1-2H3. The van der Waals surface area contributed by atoms with E-state index in [1.807, 2.05) is 17.8 Å². The number of aryl methyl sites for hydroxylation is 1. The fourth-order valence-corrected chi connectivity index (χ4v) is 2.70. The lowest BCUT2D eigenvalue weighted by Gasteiger charge is -2.37. The molecule has 2 heterocycles. The van der Waals surface area contributed by atoms with Crippen molar-refractivity contribution >= 4 is 0 Å². The molecule has 0 spiro atoms. The highest BCUT2D eigenvalue weighted by Crippen LogP contribution is 2.33. The van der Waals surface area contributed by atoms with E-state index in [4.69, 9.17) is 0 Å². The highest BCUT2D eigenvalue weighted by Gasteiger charge is 2.50. The summed E-state index contributed by atoms with van der Waals surface area (Å²) >= 11 is 0. The molecule has 1 aromatic heterocycles. The lowest BCUT2D eigenvalue weighted by atomic mass is 9.92. The van der Waals surface area contributed by atoms with Crippen molar-refractivity contribution in [1.82, 2.24) is 14.7 Å². The van der Waals surface area contributed by atoms with Crippen molar-refractivity contribution in [3.63, 3.8) is 0 Å². The number of rotatable bonds is 3. The second-order valence-corrected chi connectivity index (χ2v) is 5.70. The van der Waals surface area contributed by atoms with E-state index in [9.17, 15) is 18.3 Å². The number of hydrogen-bond donors (Lipinski definition) is 1. The van der Waals surface area contributed by atoms with Gasteiger partial charge < -0.3 is 10.0 Å². The van der Waals surface area contributed by atoms with Gasteiger partial charge in [-0.2, -0.15) is 18.3 Å². The summed E-state index contributed by atoms with van der Waals surface area (Å²) in [7, 11) is 1.87. The Balaban J connectivity index is 1.91. The van der Waals surface area contributed by atoms with Crippen molar-refractivity contribution in [2.45, 2.75) is 37.5 Å². The maximum atomic E-state index is 12.7. The van der Waals surface area contributed by atoms with Crippen LogP contribution >= 0.6 is 0 Å². The summed E-state index contributed by atoms with van der Waals surface area (Å²) in [4.78, 5) is 1.68. The van der Waals surface area contributed by atoms with Crippen molar-refractivity contribution in [1.29, 1.82) is 0 Å². The Labute approximate surface area is 116 Å². The van der Waals surface area contributed by atoms with E-state index in [0.717, 1.165) is 25.5 Å². The van der Waals surface area contributed by atoms with Crippen molar-refractivity contribution in [3.05, 3.63) is 18.0 Å². The number of alkyl halides is 3. The van der Waals surface area contributed by atoms with E-state index in [2.05, 4.69) is 5.10 Å². The Morgan fingerprint density at radius 3 is 2.40 bits per heavy atom. The molecule has 0 aliphatic carbocycles. The molecule has 0 saturated carbocycles. The molecule has 1 fully saturated rings. The zero-order valence-corrected chi connectivity index (χ0v) is 11.7. The molecular weight excluding hydrogens is 271 g/mol. The minimum absolute atomic E-state index is 0.328. The number of β-amino-alcohol motifs (C(OH)–C–C–N with tert-alkyl or cyclic N) is 1. The molecule has 1 aliphatic rings. The highest BCUT2D eigenvalue weighted by atomic mass is 19.4. The Morgan fingerprint density at radius 1 is 1.35 bits per heavy atom. The molecule has 0 aromatic carbocycles. The molecular formula is C13H20F3N3O. The van der Waals surface area contributed by atoms with Gasteiger partial charge in [0, 0.05) is 31.4 Å². The van der Waals surface area contributed by atoms with Gasteiger partial charge in [0.2, 0.25) is 0 Å². The van der Waals surface area contributed by atoms with Crippen LogP contribution in [0, 0.1) is 0 Å². The van der Waals surface area contributed by atoms with Crippen LogP contribution in [0.25, 0.3) is 0 Å². The maximum absolute atomic E-state index is 12.7.